The first-order chi connectivity index (χ1) is 8.88. The van der Waals surface area contributed by atoms with Crippen molar-refractivity contribution in [2.45, 2.75) is 37.4 Å². The zero-order chi connectivity index (χ0) is 14.1. The van der Waals surface area contributed by atoms with Crippen molar-refractivity contribution in [2.24, 2.45) is 5.73 Å². The van der Waals surface area contributed by atoms with E-state index >= 15 is 0 Å². The molecule has 1 unspecified atom stereocenters. The van der Waals surface area contributed by atoms with Gasteiger partial charge in [-0.2, -0.15) is 0 Å². The van der Waals surface area contributed by atoms with Crippen LogP contribution in [0.5, 0.6) is 0 Å². The Hall–Kier alpha value is -1.72. The summed E-state index contributed by atoms with van der Waals surface area (Å²) in [6.45, 7) is 0. The number of carbonyl (C=O) groups excluding carboxylic acids is 1. The van der Waals surface area contributed by atoms with E-state index in [2.05, 4.69) is 0 Å². The van der Waals surface area contributed by atoms with Gasteiger partial charge in [-0.15, -0.1) is 0 Å². The van der Waals surface area contributed by atoms with Gasteiger partial charge in [0.2, 0.25) is 0 Å². The summed E-state index contributed by atoms with van der Waals surface area (Å²) in [5, 5.41) is 0. The van der Waals surface area contributed by atoms with E-state index in [-0.39, 0.29) is 12.1 Å². The first-order valence-electron chi connectivity index (χ1n) is 6.10. The number of nitrogens with zero attached hydrogens (tertiary/aromatic N) is 1. The summed E-state index contributed by atoms with van der Waals surface area (Å²) in [7, 11) is 0. The molecule has 2 rings (SSSR count). The van der Waals surface area contributed by atoms with E-state index in [9.17, 15) is 18.0 Å². The number of rotatable bonds is 2. The number of hydrogen-bond donors (Lipinski definition) is 1. The second-order valence-corrected chi connectivity index (χ2v) is 4.68. The fraction of sp³-hybridized carbons (Fsp3) is 0.462. The third kappa shape index (κ3) is 2.27. The van der Waals surface area contributed by atoms with E-state index in [0.717, 1.165) is 0 Å². The molecule has 0 heterocycles. The van der Waals surface area contributed by atoms with Crippen LogP contribution in [0.3, 0.4) is 0 Å². The third-order valence-electron chi connectivity index (χ3n) is 3.40. The Labute approximate surface area is 109 Å². The highest BCUT2D eigenvalue weighted by molar-refractivity contribution is 5.92. The van der Waals surface area contributed by atoms with Crippen LogP contribution in [0.4, 0.5) is 23.7 Å². The van der Waals surface area contributed by atoms with Gasteiger partial charge in [-0.05, 0) is 25.0 Å². The zero-order valence-corrected chi connectivity index (χ0v) is 10.3. The summed E-state index contributed by atoms with van der Waals surface area (Å²) in [4.78, 5) is 11.8. The summed E-state index contributed by atoms with van der Waals surface area (Å²) in [6.07, 6.45) is -0.472. The SMILES string of the molecule is NC(=O)N(c1ccccc1)C1(F)CCCCC1(F)F. The molecule has 104 valence electrons. The van der Waals surface area contributed by atoms with Crippen molar-refractivity contribution in [1.82, 2.24) is 0 Å². The van der Waals surface area contributed by atoms with Crippen LogP contribution in [0.1, 0.15) is 25.7 Å². The topological polar surface area (TPSA) is 46.3 Å². The summed E-state index contributed by atoms with van der Waals surface area (Å²) in [5.74, 6) is -6.66. The van der Waals surface area contributed by atoms with Crippen LogP contribution in [0.15, 0.2) is 30.3 Å². The Bertz CT molecular complexity index is 466. The predicted molar refractivity (Wildman–Crippen MR) is 65.8 cm³/mol. The maximum atomic E-state index is 14.8. The number of hydrogen-bond acceptors (Lipinski definition) is 1. The number of anilines is 1. The number of para-hydroxylation sites is 1. The number of alkyl halides is 3. The lowest BCUT2D eigenvalue weighted by Crippen LogP contribution is -2.62. The average molecular weight is 272 g/mol. The minimum Gasteiger partial charge on any atom is -0.351 e. The third-order valence-corrected chi connectivity index (χ3v) is 3.40. The van der Waals surface area contributed by atoms with Crippen molar-refractivity contribution < 1.29 is 18.0 Å². The molecule has 0 bridgehead atoms. The molecule has 0 aliphatic heterocycles. The smallest absolute Gasteiger partial charge is 0.322 e. The van der Waals surface area contributed by atoms with Gasteiger partial charge in [-0.25, -0.2) is 18.0 Å². The van der Waals surface area contributed by atoms with E-state index in [4.69, 9.17) is 5.73 Å². The molecule has 1 atom stereocenters. The second kappa shape index (κ2) is 4.75. The molecule has 1 saturated carbocycles. The standard InChI is InChI=1S/C13H15F3N2O/c14-12(15)8-4-5-9-13(12,16)18(11(17)19)10-6-2-1-3-7-10/h1-3,6-7H,4-5,8-9H2,(H2,17,19). The molecule has 1 aliphatic carbocycles. The molecule has 0 saturated heterocycles. The van der Waals surface area contributed by atoms with Gasteiger partial charge in [0.05, 0.1) is 0 Å². The molecule has 0 radical (unpaired) electrons. The molecule has 1 aromatic rings. The first kappa shape index (κ1) is 13.7. The zero-order valence-electron chi connectivity index (χ0n) is 10.3. The minimum absolute atomic E-state index is 0.0408. The van der Waals surface area contributed by atoms with Gasteiger partial charge in [-0.1, -0.05) is 18.2 Å². The van der Waals surface area contributed by atoms with Crippen LogP contribution in [-0.2, 0) is 0 Å². The number of benzene rings is 1. The van der Waals surface area contributed by atoms with Crippen LogP contribution in [0.2, 0.25) is 0 Å². The molecular weight excluding hydrogens is 257 g/mol. The minimum atomic E-state index is -3.60. The van der Waals surface area contributed by atoms with Crippen LogP contribution in [0, 0.1) is 0 Å². The van der Waals surface area contributed by atoms with Gasteiger partial charge in [0.15, 0.2) is 0 Å². The van der Waals surface area contributed by atoms with Crippen molar-refractivity contribution in [2.75, 3.05) is 4.90 Å². The van der Waals surface area contributed by atoms with E-state index in [1.54, 1.807) is 6.07 Å². The van der Waals surface area contributed by atoms with E-state index in [0.29, 0.717) is 11.3 Å². The molecule has 1 aromatic carbocycles. The largest absolute Gasteiger partial charge is 0.351 e. The van der Waals surface area contributed by atoms with Crippen LogP contribution in [0.25, 0.3) is 0 Å². The quantitative estimate of drug-likeness (QED) is 0.823. The van der Waals surface area contributed by atoms with Crippen molar-refractivity contribution in [3.63, 3.8) is 0 Å². The highest BCUT2D eigenvalue weighted by Crippen LogP contribution is 2.47. The number of nitrogens with two attached hydrogens (primary N) is 1. The summed E-state index contributed by atoms with van der Waals surface area (Å²) in [6, 6.07) is 6.28. The number of halogens is 3. The fourth-order valence-corrected chi connectivity index (χ4v) is 2.44. The van der Waals surface area contributed by atoms with E-state index < -0.39 is 30.6 Å². The summed E-state index contributed by atoms with van der Waals surface area (Å²) in [5.41, 5.74) is 5.16. The maximum Gasteiger partial charge on any atom is 0.322 e. The molecule has 0 spiro atoms. The van der Waals surface area contributed by atoms with Crippen molar-refractivity contribution in [3.05, 3.63) is 30.3 Å². The predicted octanol–water partition coefficient (Wildman–Crippen LogP) is 3.45. The Balaban J connectivity index is 2.47. The number of carbonyl (C=O) groups is 1. The molecule has 0 aromatic heterocycles. The van der Waals surface area contributed by atoms with Crippen LogP contribution in [-0.4, -0.2) is 17.7 Å². The summed E-state index contributed by atoms with van der Waals surface area (Å²) >= 11 is 0. The highest BCUT2D eigenvalue weighted by Gasteiger charge is 2.61. The van der Waals surface area contributed by atoms with E-state index in [1.165, 1.54) is 24.3 Å². The Kier molecular flexibility index (Phi) is 3.43. The lowest BCUT2D eigenvalue weighted by Gasteiger charge is -2.44. The monoisotopic (exact) mass is 272 g/mol. The lowest BCUT2D eigenvalue weighted by molar-refractivity contribution is -0.158. The van der Waals surface area contributed by atoms with Gasteiger partial charge in [0.1, 0.15) is 0 Å². The van der Waals surface area contributed by atoms with Gasteiger partial charge >= 0.3 is 6.03 Å². The number of amides is 2. The molecule has 1 fully saturated rings. The van der Waals surface area contributed by atoms with Gasteiger partial charge in [-0.3, -0.25) is 4.90 Å². The number of urea groups is 1. The second-order valence-electron chi connectivity index (χ2n) is 4.68. The van der Waals surface area contributed by atoms with Crippen molar-refractivity contribution in [1.29, 1.82) is 0 Å². The van der Waals surface area contributed by atoms with Gasteiger partial charge in [0, 0.05) is 18.5 Å². The molecule has 3 nitrogen and oxygen atoms in total. The lowest BCUT2D eigenvalue weighted by atomic mass is 9.87. The summed E-state index contributed by atoms with van der Waals surface area (Å²) < 4.78 is 42.7. The van der Waals surface area contributed by atoms with Crippen LogP contribution >= 0.6 is 0 Å². The van der Waals surface area contributed by atoms with Gasteiger partial charge < -0.3 is 5.73 Å². The molecular formula is C13H15F3N2O. The highest BCUT2D eigenvalue weighted by atomic mass is 19.3. The molecule has 19 heavy (non-hydrogen) atoms. The van der Waals surface area contributed by atoms with E-state index in [1.807, 2.05) is 0 Å². The first-order valence-corrected chi connectivity index (χ1v) is 6.10. The maximum absolute atomic E-state index is 14.8. The fourth-order valence-electron chi connectivity index (χ4n) is 2.44. The van der Waals surface area contributed by atoms with Gasteiger partial charge in [0.25, 0.3) is 11.7 Å². The van der Waals surface area contributed by atoms with Crippen molar-refractivity contribution in [3.8, 4) is 0 Å². The Morgan fingerprint density at radius 2 is 1.68 bits per heavy atom. The Morgan fingerprint density at radius 3 is 2.21 bits per heavy atom. The average Bonchev–Trinajstić information content (AvgIpc) is 2.34. The Morgan fingerprint density at radius 1 is 1.11 bits per heavy atom. The number of primary amides is 1. The van der Waals surface area contributed by atoms with Crippen LogP contribution < -0.4 is 10.6 Å². The molecule has 2 N–H and O–H groups in total. The van der Waals surface area contributed by atoms with Crippen molar-refractivity contribution >= 4 is 11.7 Å². The molecule has 1 aliphatic rings. The molecule has 6 heteroatoms. The molecule has 2 amide bonds. The normalized spacial score (nSPS) is 25.8.